The van der Waals surface area contributed by atoms with Gasteiger partial charge in [-0.25, -0.2) is 0 Å². The van der Waals surface area contributed by atoms with Gasteiger partial charge in [0.15, 0.2) is 0 Å². The fourth-order valence-corrected chi connectivity index (χ4v) is 1.33. The van der Waals surface area contributed by atoms with Crippen LogP contribution < -0.4 is 0 Å². The highest BCUT2D eigenvalue weighted by atomic mass is 14.7. The lowest BCUT2D eigenvalue weighted by Gasteiger charge is -1.99. The molecule has 14 heavy (non-hydrogen) atoms. The first-order valence-corrected chi connectivity index (χ1v) is 5.16. The number of allylic oxidation sites excluding steroid dienone is 2. The number of aromatic nitrogens is 1. The summed E-state index contributed by atoms with van der Waals surface area (Å²) in [6, 6.07) is 2.16. The van der Waals surface area contributed by atoms with Gasteiger partial charge in [-0.2, -0.15) is 0 Å². The Morgan fingerprint density at radius 2 is 1.86 bits per heavy atom. The third-order valence-electron chi connectivity index (χ3n) is 1.93. The third kappa shape index (κ3) is 2.56. The average molecular weight is 187 g/mol. The molecule has 0 saturated heterocycles. The summed E-state index contributed by atoms with van der Waals surface area (Å²) in [4.78, 5) is 4.34. The van der Waals surface area contributed by atoms with E-state index in [4.69, 9.17) is 0 Å². The van der Waals surface area contributed by atoms with Gasteiger partial charge in [0.25, 0.3) is 0 Å². The highest BCUT2D eigenvalue weighted by Gasteiger charge is 1.99. The standard InChI is InChI=1S/C11H11N.C2H6/c1-9-7-10-5-3-2-4-6-11(10)12-8-9;1-2/h3-8H,2H2,1H3;1-2H3. The molecule has 0 atom stereocenters. The van der Waals surface area contributed by atoms with Gasteiger partial charge in [0.2, 0.25) is 0 Å². The molecule has 1 aromatic rings. The molecule has 2 rings (SSSR count). The van der Waals surface area contributed by atoms with Crippen LogP contribution in [0.4, 0.5) is 0 Å². The van der Waals surface area contributed by atoms with Gasteiger partial charge < -0.3 is 0 Å². The predicted molar refractivity (Wildman–Crippen MR) is 63.0 cm³/mol. The molecule has 1 heteroatoms. The van der Waals surface area contributed by atoms with Gasteiger partial charge in [0.1, 0.15) is 0 Å². The Kier molecular flexibility index (Phi) is 4.11. The number of nitrogens with zero attached hydrogens (tertiary/aromatic N) is 1. The van der Waals surface area contributed by atoms with Gasteiger partial charge in [-0.05, 0) is 31.1 Å². The predicted octanol–water partition coefficient (Wildman–Crippen LogP) is 3.85. The molecule has 0 bridgehead atoms. The molecule has 0 fully saturated rings. The zero-order valence-corrected chi connectivity index (χ0v) is 9.12. The van der Waals surface area contributed by atoms with Crippen LogP contribution in [0.15, 0.2) is 24.4 Å². The van der Waals surface area contributed by atoms with Crippen molar-refractivity contribution in [3.05, 3.63) is 41.2 Å². The molecule has 0 spiro atoms. The van der Waals surface area contributed by atoms with Gasteiger partial charge in [-0.15, -0.1) is 0 Å². The van der Waals surface area contributed by atoms with Crippen molar-refractivity contribution in [3.63, 3.8) is 0 Å². The SMILES string of the molecule is CC.Cc1cnc2c(c1)C=CCC=C2. The van der Waals surface area contributed by atoms with E-state index in [-0.39, 0.29) is 0 Å². The van der Waals surface area contributed by atoms with Crippen molar-refractivity contribution in [1.82, 2.24) is 4.98 Å². The summed E-state index contributed by atoms with van der Waals surface area (Å²) in [5, 5.41) is 0. The summed E-state index contributed by atoms with van der Waals surface area (Å²) in [5.74, 6) is 0. The fourth-order valence-electron chi connectivity index (χ4n) is 1.33. The molecule has 0 saturated carbocycles. The Balaban J connectivity index is 0.000000461. The molecule has 0 radical (unpaired) electrons. The van der Waals surface area contributed by atoms with Gasteiger partial charge in [0, 0.05) is 11.8 Å². The van der Waals surface area contributed by atoms with E-state index in [1.807, 2.05) is 20.0 Å². The van der Waals surface area contributed by atoms with Crippen LogP contribution in [0.2, 0.25) is 0 Å². The largest absolute Gasteiger partial charge is 0.256 e. The Morgan fingerprint density at radius 1 is 1.14 bits per heavy atom. The van der Waals surface area contributed by atoms with E-state index in [9.17, 15) is 0 Å². The van der Waals surface area contributed by atoms with Crippen molar-refractivity contribution in [2.75, 3.05) is 0 Å². The highest BCUT2D eigenvalue weighted by Crippen LogP contribution is 2.15. The molecule has 1 aliphatic rings. The number of pyridine rings is 1. The van der Waals surface area contributed by atoms with Crippen LogP contribution in [-0.4, -0.2) is 4.98 Å². The van der Waals surface area contributed by atoms with Crippen LogP contribution in [0, 0.1) is 6.92 Å². The van der Waals surface area contributed by atoms with Crippen molar-refractivity contribution in [3.8, 4) is 0 Å². The summed E-state index contributed by atoms with van der Waals surface area (Å²) in [6.45, 7) is 6.07. The van der Waals surface area contributed by atoms with E-state index in [1.165, 1.54) is 11.1 Å². The molecule has 1 nitrogen and oxygen atoms in total. The van der Waals surface area contributed by atoms with Crippen LogP contribution in [0.25, 0.3) is 12.2 Å². The lowest BCUT2D eigenvalue weighted by atomic mass is 10.1. The number of hydrogen-bond acceptors (Lipinski definition) is 1. The average Bonchev–Trinajstić information content (AvgIpc) is 2.45. The number of aryl methyl sites for hydroxylation is 1. The van der Waals surface area contributed by atoms with Crippen molar-refractivity contribution < 1.29 is 0 Å². The van der Waals surface area contributed by atoms with Crippen molar-refractivity contribution >= 4 is 12.2 Å². The third-order valence-corrected chi connectivity index (χ3v) is 1.93. The van der Waals surface area contributed by atoms with Crippen molar-refractivity contribution in [2.45, 2.75) is 27.2 Å². The number of fused-ring (bicyclic) bond motifs is 1. The van der Waals surface area contributed by atoms with Gasteiger partial charge in [-0.3, -0.25) is 4.98 Å². The molecular weight excluding hydrogens is 170 g/mol. The minimum atomic E-state index is 1.01. The van der Waals surface area contributed by atoms with E-state index < -0.39 is 0 Å². The van der Waals surface area contributed by atoms with Crippen LogP contribution in [0.1, 0.15) is 37.1 Å². The topological polar surface area (TPSA) is 12.9 Å². The molecule has 1 heterocycles. The maximum Gasteiger partial charge on any atom is 0.0698 e. The highest BCUT2D eigenvalue weighted by molar-refractivity contribution is 5.64. The minimum absolute atomic E-state index is 1.01. The normalized spacial score (nSPS) is 12.5. The summed E-state index contributed by atoms with van der Waals surface area (Å²) in [5.41, 5.74) is 3.52. The number of hydrogen-bond donors (Lipinski definition) is 0. The molecule has 74 valence electrons. The molecule has 0 aromatic carbocycles. The van der Waals surface area contributed by atoms with E-state index in [2.05, 4.69) is 42.3 Å². The Morgan fingerprint density at radius 3 is 2.64 bits per heavy atom. The van der Waals surface area contributed by atoms with Gasteiger partial charge >= 0.3 is 0 Å². The summed E-state index contributed by atoms with van der Waals surface area (Å²) >= 11 is 0. The van der Waals surface area contributed by atoms with Gasteiger partial charge in [-0.1, -0.05) is 32.1 Å². The van der Waals surface area contributed by atoms with E-state index in [0.717, 1.165) is 12.1 Å². The Hall–Kier alpha value is -1.37. The van der Waals surface area contributed by atoms with Crippen LogP contribution in [-0.2, 0) is 0 Å². The zero-order valence-electron chi connectivity index (χ0n) is 9.12. The van der Waals surface area contributed by atoms with Crippen molar-refractivity contribution in [1.29, 1.82) is 0 Å². The Labute approximate surface area is 86.2 Å². The molecular formula is C13H17N. The van der Waals surface area contributed by atoms with Crippen molar-refractivity contribution in [2.24, 2.45) is 0 Å². The number of rotatable bonds is 0. The maximum absolute atomic E-state index is 4.34. The first-order valence-electron chi connectivity index (χ1n) is 5.16. The van der Waals surface area contributed by atoms with Crippen LogP contribution in [0.3, 0.4) is 0 Å². The van der Waals surface area contributed by atoms with Gasteiger partial charge in [0.05, 0.1) is 5.69 Å². The summed E-state index contributed by atoms with van der Waals surface area (Å²) in [6.07, 6.45) is 11.4. The second-order valence-electron chi connectivity index (χ2n) is 3.03. The summed E-state index contributed by atoms with van der Waals surface area (Å²) < 4.78 is 0. The first-order chi connectivity index (χ1) is 6.86. The monoisotopic (exact) mass is 187 g/mol. The quantitative estimate of drug-likeness (QED) is 0.601. The molecule has 0 amide bonds. The molecule has 1 aliphatic carbocycles. The molecule has 0 N–H and O–H groups in total. The van der Waals surface area contributed by atoms with E-state index in [1.54, 1.807) is 0 Å². The lowest BCUT2D eigenvalue weighted by Crippen LogP contribution is -1.86. The molecule has 1 aromatic heterocycles. The second kappa shape index (κ2) is 5.38. The van der Waals surface area contributed by atoms with Crippen LogP contribution in [0.5, 0.6) is 0 Å². The first kappa shape index (κ1) is 10.7. The lowest BCUT2D eigenvalue weighted by molar-refractivity contribution is 1.23. The van der Waals surface area contributed by atoms with E-state index in [0.29, 0.717) is 0 Å². The zero-order chi connectivity index (χ0) is 10.4. The fraction of sp³-hybridized carbons (Fsp3) is 0.308. The maximum atomic E-state index is 4.34. The van der Waals surface area contributed by atoms with Crippen LogP contribution >= 0.6 is 0 Å². The molecule has 0 unspecified atom stereocenters. The smallest absolute Gasteiger partial charge is 0.0698 e. The van der Waals surface area contributed by atoms with E-state index >= 15 is 0 Å². The molecule has 0 aliphatic heterocycles. The summed E-state index contributed by atoms with van der Waals surface area (Å²) in [7, 11) is 0. The second-order valence-corrected chi connectivity index (χ2v) is 3.03. The minimum Gasteiger partial charge on any atom is -0.256 e. The Bertz CT molecular complexity index is 348.